The highest BCUT2D eigenvalue weighted by Gasteiger charge is 2.25. The highest BCUT2D eigenvalue weighted by atomic mass is 35.5. The van der Waals surface area contributed by atoms with Crippen LogP contribution in [0, 0.1) is 5.92 Å². The average Bonchev–Trinajstić information content (AvgIpc) is 2.74. The number of amides is 3. The van der Waals surface area contributed by atoms with E-state index in [0.717, 1.165) is 12.0 Å². The first-order chi connectivity index (χ1) is 14.7. The molecule has 0 radical (unpaired) electrons. The van der Waals surface area contributed by atoms with Gasteiger partial charge in [0.05, 0.1) is 6.04 Å². The summed E-state index contributed by atoms with van der Waals surface area (Å²) in [6.07, 6.45) is 1.37. The highest BCUT2D eigenvalue weighted by molar-refractivity contribution is 6.30. The van der Waals surface area contributed by atoms with E-state index in [4.69, 9.17) is 16.3 Å². The van der Waals surface area contributed by atoms with E-state index in [1.807, 2.05) is 13.8 Å². The fourth-order valence-corrected chi connectivity index (χ4v) is 2.93. The van der Waals surface area contributed by atoms with Gasteiger partial charge in [-0.25, -0.2) is 4.79 Å². The number of hydrogen-bond acceptors (Lipinski definition) is 5. The van der Waals surface area contributed by atoms with Crippen molar-refractivity contribution in [2.24, 2.45) is 5.92 Å². The van der Waals surface area contributed by atoms with Crippen LogP contribution in [-0.4, -0.2) is 55.3 Å². The monoisotopic (exact) mass is 453 g/mol. The van der Waals surface area contributed by atoms with Crippen molar-refractivity contribution in [3.8, 4) is 0 Å². The second-order valence-corrected chi connectivity index (χ2v) is 8.17. The maximum atomic E-state index is 12.7. The van der Waals surface area contributed by atoms with Crippen molar-refractivity contribution in [3.05, 3.63) is 34.9 Å². The lowest BCUT2D eigenvalue weighted by Gasteiger charge is -2.23. The molecule has 0 fully saturated rings. The maximum Gasteiger partial charge on any atom is 0.408 e. The summed E-state index contributed by atoms with van der Waals surface area (Å²) in [6.45, 7) is 3.96. The first kappa shape index (κ1) is 26.4. The predicted molar refractivity (Wildman–Crippen MR) is 119 cm³/mol. The van der Waals surface area contributed by atoms with E-state index in [9.17, 15) is 19.2 Å². The number of carbonyl (C=O) groups is 4. The molecule has 0 saturated carbocycles. The normalized spacial score (nSPS) is 13.5. The number of benzene rings is 1. The van der Waals surface area contributed by atoms with Crippen molar-refractivity contribution < 1.29 is 23.9 Å². The topological polar surface area (TPSA) is 105 Å². The first-order valence-corrected chi connectivity index (χ1v) is 10.7. The molecule has 0 aliphatic rings. The van der Waals surface area contributed by atoms with E-state index in [2.05, 4.69) is 10.6 Å². The van der Waals surface area contributed by atoms with Crippen LogP contribution >= 0.6 is 11.6 Å². The summed E-state index contributed by atoms with van der Waals surface area (Å²) in [4.78, 5) is 49.5. The number of alkyl carbamates (subject to hydrolysis) is 1. The fraction of sp³-hybridized carbons (Fsp3) is 0.545. The number of hydrogen-bond donors (Lipinski definition) is 2. The Morgan fingerprint density at radius 3 is 2.52 bits per heavy atom. The van der Waals surface area contributed by atoms with Gasteiger partial charge in [0.2, 0.25) is 11.8 Å². The molecule has 0 saturated heterocycles. The molecule has 0 spiro atoms. The van der Waals surface area contributed by atoms with Gasteiger partial charge in [-0.2, -0.15) is 0 Å². The van der Waals surface area contributed by atoms with Crippen LogP contribution < -0.4 is 10.6 Å². The number of carbonyl (C=O) groups excluding carboxylic acids is 4. The largest absolute Gasteiger partial charge is 0.445 e. The van der Waals surface area contributed by atoms with Crippen molar-refractivity contribution in [3.63, 3.8) is 0 Å². The minimum absolute atomic E-state index is 0.00761. The van der Waals surface area contributed by atoms with Gasteiger partial charge < -0.3 is 25.1 Å². The molecule has 1 aromatic rings. The minimum atomic E-state index is -0.867. The summed E-state index contributed by atoms with van der Waals surface area (Å²) in [6, 6.07) is 5.23. The summed E-state index contributed by atoms with van der Waals surface area (Å²) >= 11 is 5.92. The summed E-state index contributed by atoms with van der Waals surface area (Å²) in [5.41, 5.74) is 0.720. The standard InChI is InChI=1S/C22H32ClN3O5/c1-5-15(2)11-19(21(29)24-18(13-27)9-10-20(28)26(3)4)25-22(30)31-14-16-7-6-8-17(23)12-16/h6-8,12-13,15,18-19H,5,9-11,14H2,1-4H3,(H,24,29)(H,25,30)/t15?,18-,19?/m0/s1. The number of nitrogens with zero attached hydrogens (tertiary/aromatic N) is 1. The molecule has 1 rings (SSSR count). The molecule has 0 heterocycles. The molecule has 0 aliphatic carbocycles. The smallest absolute Gasteiger partial charge is 0.408 e. The van der Waals surface area contributed by atoms with Crippen molar-refractivity contribution in [1.82, 2.24) is 15.5 Å². The molecule has 8 nitrogen and oxygen atoms in total. The zero-order valence-corrected chi connectivity index (χ0v) is 19.3. The molecule has 3 amide bonds. The van der Waals surface area contributed by atoms with E-state index in [-0.39, 0.29) is 31.3 Å². The number of aldehydes is 1. The van der Waals surface area contributed by atoms with Crippen molar-refractivity contribution in [1.29, 1.82) is 0 Å². The van der Waals surface area contributed by atoms with Gasteiger partial charge in [0.1, 0.15) is 18.9 Å². The van der Waals surface area contributed by atoms with Gasteiger partial charge in [-0.15, -0.1) is 0 Å². The fourth-order valence-electron chi connectivity index (χ4n) is 2.72. The van der Waals surface area contributed by atoms with Crippen LogP contribution in [0.25, 0.3) is 0 Å². The molecule has 0 aliphatic heterocycles. The summed E-state index contributed by atoms with van der Waals surface area (Å²) in [5, 5.41) is 5.72. The third-order valence-corrected chi connectivity index (χ3v) is 5.10. The zero-order chi connectivity index (χ0) is 23.4. The van der Waals surface area contributed by atoms with Gasteiger partial charge >= 0.3 is 6.09 Å². The van der Waals surface area contributed by atoms with E-state index >= 15 is 0 Å². The van der Waals surface area contributed by atoms with Crippen LogP contribution in [0.5, 0.6) is 0 Å². The van der Waals surface area contributed by atoms with Crippen LogP contribution in [0.3, 0.4) is 0 Å². The van der Waals surface area contributed by atoms with Gasteiger partial charge in [0.15, 0.2) is 0 Å². The molecule has 2 unspecified atom stereocenters. The van der Waals surface area contributed by atoms with Crippen LogP contribution in [0.1, 0.15) is 45.1 Å². The molecule has 31 heavy (non-hydrogen) atoms. The quantitative estimate of drug-likeness (QED) is 0.473. The van der Waals surface area contributed by atoms with E-state index in [0.29, 0.717) is 17.7 Å². The van der Waals surface area contributed by atoms with Crippen LogP contribution in [0.15, 0.2) is 24.3 Å². The third kappa shape index (κ3) is 10.3. The molecule has 0 aromatic heterocycles. The lowest BCUT2D eigenvalue weighted by atomic mass is 9.98. The molecule has 0 bridgehead atoms. The third-order valence-electron chi connectivity index (χ3n) is 4.86. The second kappa shape index (κ2) is 13.6. The molecule has 172 valence electrons. The van der Waals surface area contributed by atoms with Gasteiger partial charge in [-0.05, 0) is 36.5 Å². The Kier molecular flexibility index (Phi) is 11.6. The first-order valence-electron chi connectivity index (χ1n) is 10.3. The predicted octanol–water partition coefficient (Wildman–Crippen LogP) is 2.92. The Labute approximate surface area is 188 Å². The van der Waals surface area contributed by atoms with Crippen molar-refractivity contribution >= 4 is 35.8 Å². The van der Waals surface area contributed by atoms with Crippen LogP contribution in [-0.2, 0) is 25.7 Å². The summed E-state index contributed by atoms with van der Waals surface area (Å²) < 4.78 is 5.21. The lowest BCUT2D eigenvalue weighted by molar-refractivity contribution is -0.130. The van der Waals surface area contributed by atoms with E-state index in [1.165, 1.54) is 4.90 Å². The lowest BCUT2D eigenvalue weighted by Crippen LogP contribution is -2.50. The SMILES string of the molecule is CCC(C)CC(NC(=O)OCc1cccc(Cl)c1)C(=O)N[C@H](C=O)CCC(=O)N(C)C. The maximum absolute atomic E-state index is 12.7. The molecule has 1 aromatic carbocycles. The van der Waals surface area contributed by atoms with Crippen LogP contribution in [0.2, 0.25) is 5.02 Å². The minimum Gasteiger partial charge on any atom is -0.445 e. The zero-order valence-electron chi connectivity index (χ0n) is 18.5. The Bertz CT molecular complexity index is 756. The molecular formula is C22H32ClN3O5. The number of nitrogens with one attached hydrogen (secondary N) is 2. The Balaban J connectivity index is 2.70. The van der Waals surface area contributed by atoms with Gasteiger partial charge in [-0.1, -0.05) is 44.0 Å². The highest BCUT2D eigenvalue weighted by Crippen LogP contribution is 2.13. The van der Waals surface area contributed by atoms with E-state index < -0.39 is 24.1 Å². The van der Waals surface area contributed by atoms with Gasteiger partial charge in [-0.3, -0.25) is 9.59 Å². The Morgan fingerprint density at radius 2 is 1.94 bits per heavy atom. The van der Waals surface area contributed by atoms with Gasteiger partial charge in [0.25, 0.3) is 0 Å². The molecule has 3 atom stereocenters. The van der Waals surface area contributed by atoms with Crippen molar-refractivity contribution in [2.75, 3.05) is 14.1 Å². The van der Waals surface area contributed by atoms with Gasteiger partial charge in [0, 0.05) is 25.5 Å². The Hall–Kier alpha value is -2.61. The summed E-state index contributed by atoms with van der Waals surface area (Å²) in [7, 11) is 3.25. The average molecular weight is 454 g/mol. The number of rotatable bonds is 12. The Morgan fingerprint density at radius 1 is 1.23 bits per heavy atom. The molecular weight excluding hydrogens is 422 g/mol. The molecule has 2 N–H and O–H groups in total. The number of ether oxygens (including phenoxy) is 1. The van der Waals surface area contributed by atoms with Crippen LogP contribution in [0.4, 0.5) is 4.79 Å². The second-order valence-electron chi connectivity index (χ2n) is 7.73. The van der Waals surface area contributed by atoms with Crippen molar-refractivity contribution in [2.45, 2.75) is 58.2 Å². The van der Waals surface area contributed by atoms with E-state index in [1.54, 1.807) is 38.4 Å². The molecule has 9 heteroatoms. The summed E-state index contributed by atoms with van der Waals surface area (Å²) in [5.74, 6) is -0.469. The number of halogens is 1.